The first kappa shape index (κ1) is 18.2. The van der Waals surface area contributed by atoms with Crippen molar-refractivity contribution in [1.82, 2.24) is 15.8 Å². The van der Waals surface area contributed by atoms with Gasteiger partial charge in [-0.3, -0.25) is 4.99 Å². The topological polar surface area (TPSA) is 62.5 Å². The fourth-order valence-corrected chi connectivity index (χ4v) is 3.26. The van der Waals surface area contributed by atoms with Crippen LogP contribution in [0, 0.1) is 5.82 Å². The summed E-state index contributed by atoms with van der Waals surface area (Å²) in [5.74, 6) is 1.17. The molecule has 0 aliphatic carbocycles. The van der Waals surface area contributed by atoms with Crippen LogP contribution >= 0.6 is 0 Å². The maximum absolute atomic E-state index is 14.7. The third-order valence-electron chi connectivity index (χ3n) is 4.92. The predicted octanol–water partition coefficient (Wildman–Crippen LogP) is 4.07. The Labute approximate surface area is 163 Å². The molecule has 0 fully saturated rings. The van der Waals surface area contributed by atoms with Crippen molar-refractivity contribution in [3.8, 4) is 11.1 Å². The number of hydrogen-bond donors (Lipinski definition) is 2. The highest BCUT2D eigenvalue weighted by Gasteiger charge is 2.17. The molecule has 0 saturated heterocycles. The van der Waals surface area contributed by atoms with E-state index in [2.05, 4.69) is 20.8 Å². The standard InChI is InChI=1S/C22H23FN4O/c1-15(17-8-9-19(20(23)12-17)16-6-3-2-4-7-16)21-13-18(27-28-21)14-26-22-24-10-5-11-25-22/h2-4,6-9,12-13,15H,5,10-11,14H2,1H3,(H2,24,25,26). The van der Waals surface area contributed by atoms with Crippen LogP contribution in [-0.4, -0.2) is 24.2 Å². The van der Waals surface area contributed by atoms with E-state index in [4.69, 9.17) is 4.52 Å². The molecule has 1 atom stereocenters. The largest absolute Gasteiger partial charge is 0.360 e. The number of halogens is 1. The van der Waals surface area contributed by atoms with E-state index in [-0.39, 0.29) is 11.7 Å². The highest BCUT2D eigenvalue weighted by atomic mass is 19.1. The maximum Gasteiger partial charge on any atom is 0.191 e. The van der Waals surface area contributed by atoms with Crippen LogP contribution in [0.15, 0.2) is 64.1 Å². The smallest absolute Gasteiger partial charge is 0.191 e. The van der Waals surface area contributed by atoms with Crippen LogP contribution in [-0.2, 0) is 6.54 Å². The van der Waals surface area contributed by atoms with Crippen molar-refractivity contribution in [2.75, 3.05) is 13.1 Å². The number of benzene rings is 2. The number of rotatable bonds is 5. The van der Waals surface area contributed by atoms with Crippen molar-refractivity contribution in [2.24, 2.45) is 4.99 Å². The van der Waals surface area contributed by atoms with Crippen LogP contribution in [0.3, 0.4) is 0 Å². The minimum atomic E-state index is -0.238. The van der Waals surface area contributed by atoms with Crippen LogP contribution in [0.5, 0.6) is 0 Å². The number of nitrogens with zero attached hydrogens (tertiary/aromatic N) is 2. The van der Waals surface area contributed by atoms with E-state index < -0.39 is 0 Å². The van der Waals surface area contributed by atoms with Gasteiger partial charge >= 0.3 is 0 Å². The lowest BCUT2D eigenvalue weighted by Gasteiger charge is -2.14. The average Bonchev–Trinajstić information content (AvgIpc) is 3.22. The Hall–Kier alpha value is -3.15. The van der Waals surface area contributed by atoms with Crippen molar-refractivity contribution >= 4 is 5.96 Å². The van der Waals surface area contributed by atoms with E-state index in [0.29, 0.717) is 17.9 Å². The van der Waals surface area contributed by atoms with E-state index in [1.807, 2.05) is 55.5 Å². The first-order valence-corrected chi connectivity index (χ1v) is 9.53. The third-order valence-corrected chi connectivity index (χ3v) is 4.92. The summed E-state index contributed by atoms with van der Waals surface area (Å²) in [5.41, 5.74) is 3.11. The van der Waals surface area contributed by atoms with Gasteiger partial charge in [0.25, 0.3) is 0 Å². The first-order chi connectivity index (χ1) is 13.7. The van der Waals surface area contributed by atoms with Crippen molar-refractivity contribution < 1.29 is 8.91 Å². The predicted molar refractivity (Wildman–Crippen MR) is 108 cm³/mol. The Morgan fingerprint density at radius 2 is 2.04 bits per heavy atom. The summed E-state index contributed by atoms with van der Waals surface area (Å²) in [6.07, 6.45) is 1.05. The second-order valence-corrected chi connectivity index (χ2v) is 6.91. The molecular formula is C22H23FN4O. The van der Waals surface area contributed by atoms with Crippen LogP contribution in [0.1, 0.15) is 36.3 Å². The minimum Gasteiger partial charge on any atom is -0.360 e. The summed E-state index contributed by atoms with van der Waals surface area (Å²) in [6, 6.07) is 16.8. The number of hydrogen-bond acceptors (Lipinski definition) is 5. The van der Waals surface area contributed by atoms with Crippen molar-refractivity contribution in [3.63, 3.8) is 0 Å². The van der Waals surface area contributed by atoms with Gasteiger partial charge in [0.1, 0.15) is 17.3 Å². The maximum atomic E-state index is 14.7. The van der Waals surface area contributed by atoms with Crippen LogP contribution in [0.4, 0.5) is 4.39 Å². The number of guanidine groups is 1. The van der Waals surface area contributed by atoms with Crippen molar-refractivity contribution in [1.29, 1.82) is 0 Å². The fraction of sp³-hybridized carbons (Fsp3) is 0.273. The molecule has 5 nitrogen and oxygen atoms in total. The van der Waals surface area contributed by atoms with Gasteiger partial charge in [-0.1, -0.05) is 54.5 Å². The molecule has 0 saturated carbocycles. The zero-order valence-corrected chi connectivity index (χ0v) is 15.8. The Balaban J connectivity index is 1.46. The Morgan fingerprint density at radius 1 is 1.18 bits per heavy atom. The van der Waals surface area contributed by atoms with E-state index in [0.717, 1.165) is 42.3 Å². The van der Waals surface area contributed by atoms with E-state index in [9.17, 15) is 4.39 Å². The summed E-state index contributed by atoms with van der Waals surface area (Å²) >= 11 is 0. The number of aliphatic imine (C=N–C) groups is 1. The SMILES string of the molecule is CC(c1ccc(-c2ccccc2)c(F)c1)c1cc(CNC2=NCCCN2)no1. The highest BCUT2D eigenvalue weighted by Crippen LogP contribution is 2.29. The summed E-state index contributed by atoms with van der Waals surface area (Å²) in [5, 5.41) is 10.6. The first-order valence-electron chi connectivity index (χ1n) is 9.53. The number of nitrogens with one attached hydrogen (secondary N) is 2. The lowest BCUT2D eigenvalue weighted by atomic mass is 9.95. The molecule has 0 amide bonds. The summed E-state index contributed by atoms with van der Waals surface area (Å²) in [7, 11) is 0. The van der Waals surface area contributed by atoms with Crippen molar-refractivity contribution in [3.05, 3.63) is 77.4 Å². The third kappa shape index (κ3) is 4.06. The molecule has 0 bridgehead atoms. The van der Waals surface area contributed by atoms with Gasteiger partial charge in [0.05, 0.1) is 6.54 Å². The molecule has 28 heavy (non-hydrogen) atoms. The Kier molecular flexibility index (Phi) is 5.37. The molecule has 0 radical (unpaired) electrons. The van der Waals surface area contributed by atoms with Crippen LogP contribution in [0.25, 0.3) is 11.1 Å². The van der Waals surface area contributed by atoms with E-state index in [1.54, 1.807) is 6.07 Å². The fourth-order valence-electron chi connectivity index (χ4n) is 3.26. The molecule has 0 spiro atoms. The van der Waals surface area contributed by atoms with Crippen LogP contribution < -0.4 is 10.6 Å². The van der Waals surface area contributed by atoms with E-state index in [1.165, 1.54) is 0 Å². The van der Waals surface area contributed by atoms with Gasteiger partial charge in [-0.2, -0.15) is 0 Å². The van der Waals surface area contributed by atoms with Gasteiger partial charge in [0, 0.05) is 30.6 Å². The molecule has 2 N–H and O–H groups in total. The molecular weight excluding hydrogens is 355 g/mol. The quantitative estimate of drug-likeness (QED) is 0.703. The molecule has 1 unspecified atom stereocenters. The van der Waals surface area contributed by atoms with Gasteiger partial charge in [-0.05, 0) is 23.6 Å². The second-order valence-electron chi connectivity index (χ2n) is 6.91. The Bertz CT molecular complexity index is 968. The van der Waals surface area contributed by atoms with Gasteiger partial charge < -0.3 is 15.2 Å². The summed E-state index contributed by atoms with van der Waals surface area (Å²) < 4.78 is 20.2. The molecule has 1 aliphatic rings. The second kappa shape index (κ2) is 8.25. The highest BCUT2D eigenvalue weighted by molar-refractivity contribution is 5.80. The molecule has 1 aliphatic heterocycles. The molecule has 6 heteroatoms. The molecule has 1 aromatic heterocycles. The monoisotopic (exact) mass is 378 g/mol. The van der Waals surface area contributed by atoms with Crippen molar-refractivity contribution in [2.45, 2.75) is 25.8 Å². The zero-order valence-electron chi connectivity index (χ0n) is 15.8. The summed E-state index contributed by atoms with van der Waals surface area (Å²) in [4.78, 5) is 4.37. The average molecular weight is 378 g/mol. The molecule has 2 heterocycles. The molecule has 3 aromatic rings. The van der Waals surface area contributed by atoms with Gasteiger partial charge in [0.2, 0.25) is 0 Å². The number of aromatic nitrogens is 1. The van der Waals surface area contributed by atoms with Gasteiger partial charge in [-0.15, -0.1) is 0 Å². The van der Waals surface area contributed by atoms with Gasteiger partial charge in [-0.25, -0.2) is 4.39 Å². The zero-order chi connectivity index (χ0) is 19.3. The molecule has 2 aromatic carbocycles. The lowest BCUT2D eigenvalue weighted by molar-refractivity contribution is 0.369. The van der Waals surface area contributed by atoms with E-state index >= 15 is 0 Å². The minimum absolute atomic E-state index is 0.0919. The Morgan fingerprint density at radius 3 is 2.79 bits per heavy atom. The van der Waals surface area contributed by atoms with Gasteiger partial charge in [0.15, 0.2) is 5.96 Å². The normalized spacial score (nSPS) is 14.9. The van der Waals surface area contributed by atoms with Crippen LogP contribution in [0.2, 0.25) is 0 Å². The summed E-state index contributed by atoms with van der Waals surface area (Å²) in [6.45, 7) is 4.28. The molecule has 144 valence electrons. The molecule has 4 rings (SSSR count). The lowest BCUT2D eigenvalue weighted by Crippen LogP contribution is -2.40.